The molecule has 1 saturated carbocycles. The Hall–Kier alpha value is -1.43. The van der Waals surface area contributed by atoms with Crippen LogP contribution in [-0.2, 0) is 0 Å². The van der Waals surface area contributed by atoms with Crippen LogP contribution in [0.1, 0.15) is 39.0 Å². The van der Waals surface area contributed by atoms with Gasteiger partial charge in [-0.1, -0.05) is 31.1 Å². The monoisotopic (exact) mass is 304 g/mol. The van der Waals surface area contributed by atoms with Crippen LogP contribution in [-0.4, -0.2) is 27.2 Å². The summed E-state index contributed by atoms with van der Waals surface area (Å²) in [7, 11) is 0. The van der Waals surface area contributed by atoms with Gasteiger partial charge < -0.3 is 4.90 Å². The van der Waals surface area contributed by atoms with E-state index in [1.807, 2.05) is 0 Å². The summed E-state index contributed by atoms with van der Waals surface area (Å²) >= 11 is 1.54. The molecule has 0 aromatic carbocycles. The van der Waals surface area contributed by atoms with Crippen molar-refractivity contribution in [1.82, 2.24) is 14.6 Å². The highest BCUT2D eigenvalue weighted by molar-refractivity contribution is 7.20. The summed E-state index contributed by atoms with van der Waals surface area (Å²) < 4.78 is 1.44. The number of hydrogen-bond donors (Lipinski definition) is 0. The SMILES string of the molecule is C[C@@H]1CCN(c2nn3c(=O)ccnc3s2)[C@H]2CCCC[C@@H]12. The topological polar surface area (TPSA) is 50.5 Å². The lowest BCUT2D eigenvalue weighted by Gasteiger charge is -2.47. The summed E-state index contributed by atoms with van der Waals surface area (Å²) in [5.41, 5.74) is -0.0897. The van der Waals surface area contributed by atoms with E-state index in [4.69, 9.17) is 0 Å². The molecule has 0 unspecified atom stereocenters. The van der Waals surface area contributed by atoms with Crippen LogP contribution in [0.25, 0.3) is 4.96 Å². The molecule has 0 bridgehead atoms. The van der Waals surface area contributed by atoms with E-state index < -0.39 is 0 Å². The predicted molar refractivity (Wildman–Crippen MR) is 84.0 cm³/mol. The van der Waals surface area contributed by atoms with Gasteiger partial charge in [0.2, 0.25) is 10.1 Å². The third-order valence-electron chi connectivity index (χ3n) is 5.14. The molecule has 1 aliphatic carbocycles. The summed E-state index contributed by atoms with van der Waals surface area (Å²) in [5.74, 6) is 1.59. The molecule has 6 heteroatoms. The Bertz CT molecular complexity index is 709. The van der Waals surface area contributed by atoms with E-state index in [0.29, 0.717) is 11.0 Å². The summed E-state index contributed by atoms with van der Waals surface area (Å²) in [6, 6.07) is 2.07. The van der Waals surface area contributed by atoms with E-state index in [-0.39, 0.29) is 5.56 Å². The molecule has 0 spiro atoms. The average molecular weight is 304 g/mol. The van der Waals surface area contributed by atoms with Crippen molar-refractivity contribution in [2.45, 2.75) is 45.1 Å². The largest absolute Gasteiger partial charge is 0.343 e. The molecule has 1 saturated heterocycles. The number of piperidine rings is 1. The van der Waals surface area contributed by atoms with Gasteiger partial charge in [-0.25, -0.2) is 4.98 Å². The first-order chi connectivity index (χ1) is 10.2. The molecule has 0 N–H and O–H groups in total. The van der Waals surface area contributed by atoms with Crippen molar-refractivity contribution < 1.29 is 0 Å². The number of nitrogens with zero attached hydrogens (tertiary/aromatic N) is 4. The first-order valence-electron chi connectivity index (χ1n) is 7.85. The molecule has 21 heavy (non-hydrogen) atoms. The Morgan fingerprint density at radius 3 is 3.00 bits per heavy atom. The molecular formula is C15H20N4OS. The number of anilines is 1. The van der Waals surface area contributed by atoms with E-state index in [0.717, 1.165) is 23.5 Å². The van der Waals surface area contributed by atoms with Crippen LogP contribution < -0.4 is 10.5 Å². The lowest BCUT2D eigenvalue weighted by molar-refractivity contribution is 0.177. The fourth-order valence-corrected chi connectivity index (χ4v) is 4.96. The molecule has 2 aromatic rings. The fourth-order valence-electron chi connectivity index (χ4n) is 4.00. The van der Waals surface area contributed by atoms with Gasteiger partial charge in [-0.05, 0) is 31.1 Å². The van der Waals surface area contributed by atoms with Crippen molar-refractivity contribution in [2.24, 2.45) is 11.8 Å². The molecule has 2 aliphatic rings. The van der Waals surface area contributed by atoms with Gasteiger partial charge in [0, 0.05) is 24.8 Å². The summed E-state index contributed by atoms with van der Waals surface area (Å²) in [4.78, 5) is 19.3. The van der Waals surface area contributed by atoms with E-state index in [9.17, 15) is 4.79 Å². The molecule has 0 amide bonds. The molecule has 2 aromatic heterocycles. The Morgan fingerprint density at radius 1 is 1.29 bits per heavy atom. The minimum absolute atomic E-state index is 0.0897. The molecule has 4 rings (SSSR count). The molecule has 112 valence electrons. The van der Waals surface area contributed by atoms with Crippen molar-refractivity contribution in [2.75, 3.05) is 11.4 Å². The maximum Gasteiger partial charge on any atom is 0.275 e. The smallest absolute Gasteiger partial charge is 0.275 e. The minimum Gasteiger partial charge on any atom is -0.343 e. The first-order valence-corrected chi connectivity index (χ1v) is 8.67. The minimum atomic E-state index is -0.0897. The van der Waals surface area contributed by atoms with Crippen molar-refractivity contribution in [3.8, 4) is 0 Å². The molecule has 0 radical (unpaired) electrons. The summed E-state index contributed by atoms with van der Waals surface area (Å²) in [5, 5.41) is 5.51. The van der Waals surface area contributed by atoms with Gasteiger partial charge in [0.25, 0.3) is 5.56 Å². The second-order valence-corrected chi connectivity index (χ2v) is 7.27. The average Bonchev–Trinajstić information content (AvgIpc) is 2.93. The number of rotatable bonds is 1. The summed E-state index contributed by atoms with van der Waals surface area (Å²) in [6.07, 6.45) is 8.06. The normalized spacial score (nSPS) is 29.6. The molecule has 2 fully saturated rings. The zero-order valence-corrected chi connectivity index (χ0v) is 13.1. The van der Waals surface area contributed by atoms with Crippen molar-refractivity contribution in [3.05, 3.63) is 22.6 Å². The van der Waals surface area contributed by atoms with E-state index in [1.54, 1.807) is 17.5 Å². The second kappa shape index (κ2) is 5.09. The number of aromatic nitrogens is 3. The lowest BCUT2D eigenvalue weighted by Crippen LogP contribution is -2.50. The molecular weight excluding hydrogens is 284 g/mol. The highest BCUT2D eigenvalue weighted by atomic mass is 32.1. The fraction of sp³-hybridized carbons (Fsp3) is 0.667. The van der Waals surface area contributed by atoms with Gasteiger partial charge in [-0.2, -0.15) is 4.52 Å². The standard InChI is InChI=1S/C15H20N4OS/c1-10-7-9-18(12-5-3-2-4-11(10)12)15-17-19-13(20)6-8-16-14(19)21-15/h6,8,10-12H,2-5,7,9H2,1H3/t10-,11+,12+/m1/s1. The maximum absolute atomic E-state index is 11.9. The number of fused-ring (bicyclic) bond motifs is 2. The zero-order valence-electron chi connectivity index (χ0n) is 12.2. The highest BCUT2D eigenvalue weighted by Crippen LogP contribution is 2.41. The Kier molecular flexibility index (Phi) is 3.21. The third-order valence-corrected chi connectivity index (χ3v) is 6.10. The van der Waals surface area contributed by atoms with Gasteiger partial charge in [0.15, 0.2) is 0 Å². The van der Waals surface area contributed by atoms with Gasteiger partial charge in [0.05, 0.1) is 0 Å². The highest BCUT2D eigenvalue weighted by Gasteiger charge is 2.38. The van der Waals surface area contributed by atoms with Gasteiger partial charge in [-0.3, -0.25) is 4.79 Å². The molecule has 3 heterocycles. The van der Waals surface area contributed by atoms with Crippen LogP contribution in [0, 0.1) is 11.8 Å². The van der Waals surface area contributed by atoms with Gasteiger partial charge in [0.1, 0.15) is 0 Å². The van der Waals surface area contributed by atoms with Gasteiger partial charge in [-0.15, -0.1) is 5.10 Å². The van der Waals surface area contributed by atoms with Gasteiger partial charge >= 0.3 is 0 Å². The van der Waals surface area contributed by atoms with Crippen LogP contribution in [0.5, 0.6) is 0 Å². The van der Waals surface area contributed by atoms with Crippen LogP contribution in [0.2, 0.25) is 0 Å². The maximum atomic E-state index is 11.9. The Morgan fingerprint density at radius 2 is 2.14 bits per heavy atom. The molecule has 3 atom stereocenters. The third kappa shape index (κ3) is 2.16. The summed E-state index contributed by atoms with van der Waals surface area (Å²) in [6.45, 7) is 3.45. The Balaban J connectivity index is 1.73. The molecule has 1 aliphatic heterocycles. The van der Waals surface area contributed by atoms with Crippen LogP contribution in [0.15, 0.2) is 17.1 Å². The van der Waals surface area contributed by atoms with E-state index >= 15 is 0 Å². The van der Waals surface area contributed by atoms with Crippen molar-refractivity contribution in [3.63, 3.8) is 0 Å². The quantitative estimate of drug-likeness (QED) is 0.812. The van der Waals surface area contributed by atoms with Crippen molar-refractivity contribution in [1.29, 1.82) is 0 Å². The first kappa shape index (κ1) is 13.2. The van der Waals surface area contributed by atoms with Crippen molar-refractivity contribution >= 4 is 21.4 Å². The number of hydrogen-bond acceptors (Lipinski definition) is 5. The van der Waals surface area contributed by atoms with Crippen LogP contribution in [0.3, 0.4) is 0 Å². The molecule has 5 nitrogen and oxygen atoms in total. The Labute approximate surface area is 127 Å². The zero-order chi connectivity index (χ0) is 14.4. The lowest BCUT2D eigenvalue weighted by atomic mass is 9.73. The second-order valence-electron chi connectivity index (χ2n) is 6.34. The van der Waals surface area contributed by atoms with Crippen LogP contribution in [0.4, 0.5) is 5.13 Å². The predicted octanol–water partition coefficient (Wildman–Crippen LogP) is 2.56. The van der Waals surface area contributed by atoms with E-state index in [2.05, 4.69) is 21.9 Å². The van der Waals surface area contributed by atoms with Crippen LogP contribution >= 0.6 is 11.3 Å². The van der Waals surface area contributed by atoms with E-state index in [1.165, 1.54) is 42.7 Å².